The molecule has 0 saturated heterocycles. The lowest BCUT2D eigenvalue weighted by Gasteiger charge is -2.35. The van der Waals surface area contributed by atoms with Crippen molar-refractivity contribution in [3.63, 3.8) is 0 Å². The van der Waals surface area contributed by atoms with Gasteiger partial charge in [-0.2, -0.15) is 0 Å². The lowest BCUT2D eigenvalue weighted by molar-refractivity contribution is 0.714. The van der Waals surface area contributed by atoms with E-state index < -0.39 is 5.41 Å². The first-order valence-electron chi connectivity index (χ1n) is 21.7. The van der Waals surface area contributed by atoms with Crippen molar-refractivity contribution < 1.29 is 0 Å². The zero-order valence-electron chi connectivity index (χ0n) is 34.5. The van der Waals surface area contributed by atoms with Crippen molar-refractivity contribution in [2.75, 3.05) is 4.90 Å². The molecule has 10 aromatic carbocycles. The molecule has 0 N–H and O–H groups in total. The molecule has 2 aliphatic rings. The second-order valence-corrected chi connectivity index (χ2v) is 16.9. The molecule has 0 aromatic heterocycles. The molecule has 1 heteroatoms. The quantitative estimate of drug-likeness (QED) is 0.155. The third-order valence-corrected chi connectivity index (χ3v) is 13.8. The van der Waals surface area contributed by atoms with Crippen LogP contribution in [0, 0.1) is 0 Å². The molecule has 292 valence electrons. The zero-order chi connectivity index (χ0) is 41.3. The van der Waals surface area contributed by atoms with E-state index in [1.165, 1.54) is 83.1 Å². The van der Waals surface area contributed by atoms with Gasteiger partial charge in [0.1, 0.15) is 0 Å². The summed E-state index contributed by atoms with van der Waals surface area (Å²) in [6.45, 7) is 2.41. The third kappa shape index (κ3) is 5.28. The number of nitrogens with zero attached hydrogens (tertiary/aromatic N) is 1. The largest absolute Gasteiger partial charge is 0.310 e. The molecule has 0 amide bonds. The molecule has 2 aliphatic carbocycles. The van der Waals surface area contributed by atoms with Crippen molar-refractivity contribution in [1.82, 2.24) is 0 Å². The van der Waals surface area contributed by atoms with Gasteiger partial charge in [0.15, 0.2) is 0 Å². The molecular weight excluding hydrogens is 747 g/mol. The Kier molecular flexibility index (Phi) is 8.27. The van der Waals surface area contributed by atoms with Crippen LogP contribution in [0.1, 0.15) is 45.9 Å². The number of rotatable bonds is 7. The first-order chi connectivity index (χ1) is 30.6. The van der Waals surface area contributed by atoms with E-state index in [-0.39, 0.29) is 5.41 Å². The van der Waals surface area contributed by atoms with E-state index in [1.54, 1.807) is 0 Å². The summed E-state index contributed by atoms with van der Waals surface area (Å²) in [5.74, 6) is 0. The summed E-state index contributed by atoms with van der Waals surface area (Å²) in [4.78, 5) is 2.51. The smallest absolute Gasteiger partial charge is 0.0714 e. The van der Waals surface area contributed by atoms with Gasteiger partial charge in [-0.25, -0.2) is 0 Å². The lowest BCUT2D eigenvalue weighted by Crippen LogP contribution is -2.29. The maximum Gasteiger partial charge on any atom is 0.0714 e. The standard InChI is InChI=1S/C61H43N/c1-60(45-24-7-3-8-25-45)55-32-15-13-30-51(55)53-37-35-48(40-57(53)60)62(59-34-18-22-43-21-11-12-29-50(43)59)49-36-38-54-52-31-14-16-33-56(52)61(58(54)41-49,46-26-9-4-10-27-46)47-28-17-23-44(39-47)42-19-5-2-6-20-42/h2-41H,1H3. The molecule has 0 aliphatic heterocycles. The van der Waals surface area contributed by atoms with Crippen LogP contribution in [0.25, 0.3) is 44.2 Å². The van der Waals surface area contributed by atoms with Crippen LogP contribution in [-0.4, -0.2) is 0 Å². The summed E-state index contributed by atoms with van der Waals surface area (Å²) in [7, 11) is 0. The predicted molar refractivity (Wildman–Crippen MR) is 259 cm³/mol. The second-order valence-electron chi connectivity index (χ2n) is 16.9. The summed E-state index contributed by atoms with van der Waals surface area (Å²) in [5.41, 5.74) is 19.0. The van der Waals surface area contributed by atoms with Crippen LogP contribution < -0.4 is 4.90 Å². The van der Waals surface area contributed by atoms with Crippen LogP contribution in [0.15, 0.2) is 243 Å². The SMILES string of the molecule is CC1(c2ccccc2)c2ccccc2-c2ccc(N(c3ccc4c(c3)C(c3ccccc3)(c3cccc(-c5ccccc5)c3)c3ccccc3-4)c3cccc4ccccc34)cc21. The molecule has 0 saturated carbocycles. The predicted octanol–water partition coefficient (Wildman–Crippen LogP) is 15.7. The molecule has 0 radical (unpaired) electrons. The lowest BCUT2D eigenvalue weighted by atomic mass is 9.67. The van der Waals surface area contributed by atoms with E-state index in [0.717, 1.165) is 17.1 Å². The highest BCUT2D eigenvalue weighted by Crippen LogP contribution is 2.59. The van der Waals surface area contributed by atoms with Gasteiger partial charge in [0.2, 0.25) is 0 Å². The first kappa shape index (κ1) is 36.1. The first-order valence-corrected chi connectivity index (χ1v) is 21.7. The van der Waals surface area contributed by atoms with Crippen LogP contribution >= 0.6 is 0 Å². The summed E-state index contributed by atoms with van der Waals surface area (Å²) < 4.78 is 0. The average molecular weight is 790 g/mol. The molecule has 0 fully saturated rings. The second kappa shape index (κ2) is 14.2. The molecule has 0 heterocycles. The molecular formula is C61H43N. The van der Waals surface area contributed by atoms with Gasteiger partial charge in [0, 0.05) is 22.2 Å². The number of anilines is 3. The van der Waals surface area contributed by atoms with Crippen LogP contribution in [0.3, 0.4) is 0 Å². The van der Waals surface area contributed by atoms with E-state index in [1.807, 2.05) is 0 Å². The molecule has 2 unspecified atom stereocenters. The van der Waals surface area contributed by atoms with Crippen LogP contribution in [-0.2, 0) is 10.8 Å². The Morgan fingerprint density at radius 2 is 0.823 bits per heavy atom. The number of benzene rings is 10. The van der Waals surface area contributed by atoms with Gasteiger partial charge in [-0.3, -0.25) is 0 Å². The van der Waals surface area contributed by atoms with Gasteiger partial charge in [-0.15, -0.1) is 0 Å². The van der Waals surface area contributed by atoms with Crippen molar-refractivity contribution in [2.45, 2.75) is 17.8 Å². The fraction of sp³-hybridized carbons (Fsp3) is 0.0492. The molecule has 2 atom stereocenters. The maximum absolute atomic E-state index is 2.51. The Bertz CT molecular complexity index is 3310. The molecule has 1 nitrogen and oxygen atoms in total. The van der Waals surface area contributed by atoms with Crippen molar-refractivity contribution in [3.05, 3.63) is 282 Å². The zero-order valence-corrected chi connectivity index (χ0v) is 34.5. The van der Waals surface area contributed by atoms with Crippen molar-refractivity contribution in [2.24, 2.45) is 0 Å². The van der Waals surface area contributed by atoms with Crippen LogP contribution in [0.5, 0.6) is 0 Å². The summed E-state index contributed by atoms with van der Waals surface area (Å²) in [5, 5.41) is 2.42. The Morgan fingerprint density at radius 1 is 0.323 bits per heavy atom. The highest BCUT2D eigenvalue weighted by molar-refractivity contribution is 6.00. The van der Waals surface area contributed by atoms with Gasteiger partial charge < -0.3 is 4.90 Å². The summed E-state index contributed by atoms with van der Waals surface area (Å²) in [6.07, 6.45) is 0. The topological polar surface area (TPSA) is 3.24 Å². The summed E-state index contributed by atoms with van der Waals surface area (Å²) >= 11 is 0. The number of fused-ring (bicyclic) bond motifs is 7. The van der Waals surface area contributed by atoms with E-state index in [0.29, 0.717) is 0 Å². The Labute approximate surface area is 363 Å². The van der Waals surface area contributed by atoms with Gasteiger partial charge in [0.05, 0.1) is 11.1 Å². The van der Waals surface area contributed by atoms with Gasteiger partial charge in [0.25, 0.3) is 0 Å². The molecule has 10 aromatic rings. The minimum Gasteiger partial charge on any atom is -0.310 e. The Balaban J connectivity index is 1.14. The molecule has 0 bridgehead atoms. The fourth-order valence-corrected chi connectivity index (χ4v) is 11.0. The van der Waals surface area contributed by atoms with E-state index >= 15 is 0 Å². The van der Waals surface area contributed by atoms with Gasteiger partial charge >= 0.3 is 0 Å². The van der Waals surface area contributed by atoms with Crippen molar-refractivity contribution in [3.8, 4) is 33.4 Å². The van der Waals surface area contributed by atoms with Crippen LogP contribution in [0.2, 0.25) is 0 Å². The minimum atomic E-state index is -0.579. The maximum atomic E-state index is 2.51. The van der Waals surface area contributed by atoms with Gasteiger partial charge in [-0.05, 0) is 121 Å². The fourth-order valence-electron chi connectivity index (χ4n) is 11.0. The normalized spacial score (nSPS) is 16.9. The van der Waals surface area contributed by atoms with Crippen molar-refractivity contribution in [1.29, 1.82) is 0 Å². The molecule has 62 heavy (non-hydrogen) atoms. The van der Waals surface area contributed by atoms with E-state index in [4.69, 9.17) is 0 Å². The Hall–Kier alpha value is -7.74. The van der Waals surface area contributed by atoms with Crippen LogP contribution in [0.4, 0.5) is 17.1 Å². The van der Waals surface area contributed by atoms with Gasteiger partial charge in [-0.1, -0.05) is 206 Å². The highest BCUT2D eigenvalue weighted by Gasteiger charge is 2.47. The molecule has 12 rings (SSSR count). The molecule has 0 spiro atoms. The monoisotopic (exact) mass is 789 g/mol. The number of hydrogen-bond acceptors (Lipinski definition) is 1. The average Bonchev–Trinajstić information content (AvgIpc) is 3.79. The minimum absolute atomic E-state index is 0.334. The van der Waals surface area contributed by atoms with Crippen molar-refractivity contribution >= 4 is 27.8 Å². The van der Waals surface area contributed by atoms with E-state index in [2.05, 4.69) is 254 Å². The highest BCUT2D eigenvalue weighted by atomic mass is 15.1. The number of hydrogen-bond donors (Lipinski definition) is 0. The van der Waals surface area contributed by atoms with E-state index in [9.17, 15) is 0 Å². The Morgan fingerprint density at radius 3 is 1.56 bits per heavy atom. The summed E-state index contributed by atoms with van der Waals surface area (Å²) in [6, 6.07) is 90.1. The third-order valence-electron chi connectivity index (χ3n) is 13.8.